The molecule has 0 unspecified atom stereocenters. The predicted octanol–water partition coefficient (Wildman–Crippen LogP) is 5.65. The lowest BCUT2D eigenvalue weighted by molar-refractivity contribution is -0.119. The van der Waals surface area contributed by atoms with Crippen molar-refractivity contribution < 1.29 is 4.79 Å². The lowest BCUT2D eigenvalue weighted by Gasteiger charge is -2.01. The number of halogens is 2. The molecule has 5 heteroatoms. The Bertz CT molecular complexity index is 888. The van der Waals surface area contributed by atoms with Gasteiger partial charge in [0.2, 0.25) is 5.91 Å². The minimum atomic E-state index is -0.0482. The second-order valence-corrected chi connectivity index (χ2v) is 7.20. The third kappa shape index (κ3) is 4.02. The lowest BCUT2D eigenvalue weighted by Crippen LogP contribution is -2.18. The topological polar surface area (TPSA) is 29.1 Å². The van der Waals surface area contributed by atoms with Gasteiger partial charge in [0.15, 0.2) is 0 Å². The SMILES string of the molecule is O=C(Cc1csc2ccc(Cl)cc12)N/C=C/c1ccccc1Br. The molecule has 116 valence electrons. The minimum Gasteiger partial charge on any atom is -0.332 e. The molecule has 0 fully saturated rings. The van der Waals surface area contributed by atoms with Crippen LogP contribution in [0.2, 0.25) is 5.02 Å². The number of fused-ring (bicyclic) bond motifs is 1. The fraction of sp³-hybridized carbons (Fsp3) is 0.0556. The number of amides is 1. The Labute approximate surface area is 151 Å². The quantitative estimate of drug-likeness (QED) is 0.596. The molecule has 0 spiro atoms. The molecule has 1 amide bonds. The lowest BCUT2D eigenvalue weighted by atomic mass is 10.1. The average molecular weight is 407 g/mol. The molecule has 0 aliphatic carbocycles. The van der Waals surface area contributed by atoms with Crippen LogP contribution in [-0.2, 0) is 11.2 Å². The fourth-order valence-electron chi connectivity index (χ4n) is 2.25. The second-order valence-electron chi connectivity index (χ2n) is 5.00. The number of benzene rings is 2. The maximum Gasteiger partial charge on any atom is 0.228 e. The summed E-state index contributed by atoms with van der Waals surface area (Å²) < 4.78 is 2.13. The van der Waals surface area contributed by atoms with Crippen LogP contribution in [0.3, 0.4) is 0 Å². The number of rotatable bonds is 4. The van der Waals surface area contributed by atoms with Gasteiger partial charge in [-0.2, -0.15) is 0 Å². The van der Waals surface area contributed by atoms with Gasteiger partial charge < -0.3 is 5.32 Å². The van der Waals surface area contributed by atoms with E-state index in [4.69, 9.17) is 11.6 Å². The van der Waals surface area contributed by atoms with Crippen LogP contribution in [0.15, 0.2) is 58.5 Å². The van der Waals surface area contributed by atoms with E-state index in [0.29, 0.717) is 11.4 Å². The van der Waals surface area contributed by atoms with Crippen LogP contribution in [0.25, 0.3) is 16.2 Å². The molecule has 3 aromatic rings. The van der Waals surface area contributed by atoms with Gasteiger partial charge in [0, 0.05) is 20.4 Å². The number of carbonyl (C=O) groups excluding carboxylic acids is 1. The molecule has 0 bridgehead atoms. The molecule has 1 heterocycles. The zero-order valence-corrected chi connectivity index (χ0v) is 15.2. The first-order valence-corrected chi connectivity index (χ1v) is 9.04. The van der Waals surface area contributed by atoms with Crippen molar-refractivity contribution in [3.8, 4) is 0 Å². The van der Waals surface area contributed by atoms with E-state index in [1.165, 1.54) is 0 Å². The second kappa shape index (κ2) is 7.30. The van der Waals surface area contributed by atoms with Gasteiger partial charge in [0.25, 0.3) is 0 Å². The zero-order chi connectivity index (χ0) is 16.2. The first-order valence-electron chi connectivity index (χ1n) is 6.99. The third-order valence-corrected chi connectivity index (χ3v) is 5.35. The van der Waals surface area contributed by atoms with Gasteiger partial charge in [-0.25, -0.2) is 0 Å². The van der Waals surface area contributed by atoms with Gasteiger partial charge in [-0.15, -0.1) is 11.3 Å². The summed E-state index contributed by atoms with van der Waals surface area (Å²) >= 11 is 11.1. The van der Waals surface area contributed by atoms with Crippen LogP contribution in [0, 0.1) is 0 Å². The predicted molar refractivity (Wildman–Crippen MR) is 102 cm³/mol. The van der Waals surface area contributed by atoms with Crippen molar-refractivity contribution in [2.75, 3.05) is 0 Å². The monoisotopic (exact) mass is 405 g/mol. The Morgan fingerprint density at radius 2 is 2.09 bits per heavy atom. The van der Waals surface area contributed by atoms with Crippen molar-refractivity contribution in [1.29, 1.82) is 0 Å². The van der Waals surface area contributed by atoms with E-state index >= 15 is 0 Å². The van der Waals surface area contributed by atoms with Gasteiger partial charge in [-0.05, 0) is 52.2 Å². The van der Waals surface area contributed by atoms with E-state index in [-0.39, 0.29) is 5.91 Å². The summed E-state index contributed by atoms with van der Waals surface area (Å²) in [4.78, 5) is 12.1. The number of hydrogen-bond donors (Lipinski definition) is 1. The molecule has 2 aromatic carbocycles. The molecule has 0 atom stereocenters. The van der Waals surface area contributed by atoms with Gasteiger partial charge in [0.1, 0.15) is 0 Å². The summed E-state index contributed by atoms with van der Waals surface area (Å²) in [6, 6.07) is 13.6. The van der Waals surface area contributed by atoms with E-state index < -0.39 is 0 Å². The van der Waals surface area contributed by atoms with E-state index in [0.717, 1.165) is 25.7 Å². The van der Waals surface area contributed by atoms with Crippen molar-refractivity contribution >= 4 is 60.9 Å². The molecule has 23 heavy (non-hydrogen) atoms. The molecule has 0 saturated carbocycles. The normalized spacial score (nSPS) is 11.2. The highest BCUT2D eigenvalue weighted by atomic mass is 79.9. The summed E-state index contributed by atoms with van der Waals surface area (Å²) in [5.74, 6) is -0.0482. The molecular weight excluding hydrogens is 394 g/mol. The van der Waals surface area contributed by atoms with Crippen LogP contribution in [0.4, 0.5) is 0 Å². The van der Waals surface area contributed by atoms with E-state index in [1.807, 2.05) is 53.9 Å². The molecule has 0 radical (unpaired) electrons. The van der Waals surface area contributed by atoms with Crippen LogP contribution >= 0.6 is 38.9 Å². The highest BCUT2D eigenvalue weighted by Crippen LogP contribution is 2.28. The molecule has 0 saturated heterocycles. The van der Waals surface area contributed by atoms with E-state index in [9.17, 15) is 4.79 Å². The van der Waals surface area contributed by atoms with Crippen molar-refractivity contribution in [2.45, 2.75) is 6.42 Å². The maximum atomic E-state index is 12.1. The van der Waals surface area contributed by atoms with Crippen LogP contribution in [0.1, 0.15) is 11.1 Å². The molecule has 1 aromatic heterocycles. The summed E-state index contributed by atoms with van der Waals surface area (Å²) in [5.41, 5.74) is 2.01. The summed E-state index contributed by atoms with van der Waals surface area (Å²) in [7, 11) is 0. The standard InChI is InChI=1S/C18H13BrClNOS/c19-16-4-2-1-3-12(16)7-8-21-18(22)9-13-11-23-17-6-5-14(20)10-15(13)17/h1-8,10-11H,9H2,(H,21,22)/b8-7+. The van der Waals surface area contributed by atoms with Crippen LogP contribution < -0.4 is 5.32 Å². The molecule has 2 nitrogen and oxygen atoms in total. The molecule has 3 rings (SSSR count). The van der Waals surface area contributed by atoms with E-state index in [1.54, 1.807) is 17.5 Å². The fourth-order valence-corrected chi connectivity index (χ4v) is 3.78. The number of carbonyl (C=O) groups is 1. The molecular formula is C18H13BrClNOS. The van der Waals surface area contributed by atoms with Gasteiger partial charge >= 0.3 is 0 Å². The van der Waals surface area contributed by atoms with Gasteiger partial charge in [-0.1, -0.05) is 45.7 Å². The van der Waals surface area contributed by atoms with Crippen molar-refractivity contribution in [3.63, 3.8) is 0 Å². The highest BCUT2D eigenvalue weighted by molar-refractivity contribution is 9.10. The Balaban J connectivity index is 1.67. The first-order chi connectivity index (χ1) is 11.1. The van der Waals surface area contributed by atoms with E-state index in [2.05, 4.69) is 21.2 Å². The molecule has 0 aliphatic rings. The summed E-state index contributed by atoms with van der Waals surface area (Å²) in [6.07, 6.45) is 3.87. The minimum absolute atomic E-state index is 0.0482. The van der Waals surface area contributed by atoms with Gasteiger partial charge in [-0.3, -0.25) is 4.79 Å². The molecule has 1 N–H and O–H groups in total. The van der Waals surface area contributed by atoms with Crippen LogP contribution in [-0.4, -0.2) is 5.91 Å². The first kappa shape index (κ1) is 16.2. The third-order valence-electron chi connectivity index (χ3n) is 3.38. The Morgan fingerprint density at radius 1 is 1.26 bits per heavy atom. The summed E-state index contributed by atoms with van der Waals surface area (Å²) in [5, 5.41) is 6.55. The maximum absolute atomic E-state index is 12.1. The Morgan fingerprint density at radius 3 is 2.91 bits per heavy atom. The molecule has 0 aliphatic heterocycles. The van der Waals surface area contributed by atoms with Crippen molar-refractivity contribution in [3.05, 3.63) is 74.7 Å². The smallest absolute Gasteiger partial charge is 0.228 e. The average Bonchev–Trinajstić information content (AvgIpc) is 2.91. The zero-order valence-electron chi connectivity index (χ0n) is 12.1. The number of thiophene rings is 1. The van der Waals surface area contributed by atoms with Crippen LogP contribution in [0.5, 0.6) is 0 Å². The van der Waals surface area contributed by atoms with Crippen molar-refractivity contribution in [2.24, 2.45) is 0 Å². The van der Waals surface area contributed by atoms with Crippen molar-refractivity contribution in [1.82, 2.24) is 5.32 Å². The number of hydrogen-bond acceptors (Lipinski definition) is 2. The Kier molecular flexibility index (Phi) is 5.16. The summed E-state index contributed by atoms with van der Waals surface area (Å²) in [6.45, 7) is 0. The Hall–Kier alpha value is -1.62. The number of nitrogens with one attached hydrogen (secondary N) is 1. The van der Waals surface area contributed by atoms with Gasteiger partial charge in [0.05, 0.1) is 6.42 Å². The highest BCUT2D eigenvalue weighted by Gasteiger charge is 2.08. The largest absolute Gasteiger partial charge is 0.332 e.